The number of hydrogen-bond donors (Lipinski definition) is 1. The van der Waals surface area contributed by atoms with E-state index in [0.29, 0.717) is 16.8 Å². The van der Waals surface area contributed by atoms with Crippen LogP contribution in [0.5, 0.6) is 0 Å². The number of nitrogens with zero attached hydrogens (tertiary/aromatic N) is 2. The molecule has 0 bridgehead atoms. The summed E-state index contributed by atoms with van der Waals surface area (Å²) in [6.45, 7) is 2.61. The third kappa shape index (κ3) is 3.39. The number of amides is 2. The van der Waals surface area contributed by atoms with Crippen LogP contribution in [0, 0.1) is 5.82 Å². The Balaban J connectivity index is 1.75. The maximum Gasteiger partial charge on any atom is 0.322 e. The number of nitrogens with one attached hydrogen (secondary N) is 1. The zero-order valence-corrected chi connectivity index (χ0v) is 14.3. The fraction of sp³-hybridized carbons (Fsp3) is 0.375. The predicted octanol–water partition coefficient (Wildman–Crippen LogP) is 4.51. The van der Waals surface area contributed by atoms with Gasteiger partial charge in [0.1, 0.15) is 5.82 Å². The van der Waals surface area contributed by atoms with Gasteiger partial charge in [-0.1, -0.05) is 28.0 Å². The van der Waals surface area contributed by atoms with Gasteiger partial charge in [-0.2, -0.15) is 0 Å². The molecule has 2 aromatic rings. The summed E-state index contributed by atoms with van der Waals surface area (Å²) in [5, 5.41) is 6.61. The van der Waals surface area contributed by atoms with Crippen molar-refractivity contribution in [2.24, 2.45) is 0 Å². The second kappa shape index (κ2) is 6.70. The Morgan fingerprint density at radius 3 is 3.04 bits per heavy atom. The van der Waals surface area contributed by atoms with Crippen LogP contribution in [0.4, 0.5) is 14.9 Å². The lowest BCUT2D eigenvalue weighted by Gasteiger charge is -2.23. The first kappa shape index (κ1) is 16.0. The number of rotatable bonds is 3. The summed E-state index contributed by atoms with van der Waals surface area (Å²) in [7, 11) is 0. The molecule has 1 aromatic carbocycles. The van der Waals surface area contributed by atoms with Gasteiger partial charge < -0.3 is 14.7 Å². The molecule has 1 N–H and O–H groups in total. The third-order valence-electron chi connectivity index (χ3n) is 3.95. The van der Waals surface area contributed by atoms with Crippen LogP contribution in [-0.2, 0) is 6.42 Å². The molecule has 1 fully saturated rings. The summed E-state index contributed by atoms with van der Waals surface area (Å²) in [6.07, 6.45) is 2.48. The topological polar surface area (TPSA) is 58.4 Å². The molecule has 0 aliphatic carbocycles. The molecule has 0 radical (unpaired) electrons. The van der Waals surface area contributed by atoms with Crippen molar-refractivity contribution in [1.29, 1.82) is 0 Å². The number of aromatic nitrogens is 1. The summed E-state index contributed by atoms with van der Waals surface area (Å²) < 4.78 is 19.9. The number of benzene rings is 1. The van der Waals surface area contributed by atoms with E-state index in [0.717, 1.165) is 25.0 Å². The Morgan fingerprint density at radius 1 is 1.52 bits per heavy atom. The first-order chi connectivity index (χ1) is 11.1. The van der Waals surface area contributed by atoms with Gasteiger partial charge in [0.05, 0.1) is 17.4 Å². The summed E-state index contributed by atoms with van der Waals surface area (Å²) in [6, 6.07) is 5.94. The number of likely N-dealkylation sites (tertiary alicyclic amines) is 1. The minimum atomic E-state index is -0.476. The van der Waals surface area contributed by atoms with E-state index in [9.17, 15) is 9.18 Å². The minimum Gasteiger partial charge on any atom is -0.359 e. The fourth-order valence-electron chi connectivity index (χ4n) is 2.74. The molecule has 2 heterocycles. The average molecular weight is 382 g/mol. The van der Waals surface area contributed by atoms with E-state index in [1.165, 1.54) is 12.1 Å². The molecular formula is C16H17BrFN3O2. The van der Waals surface area contributed by atoms with Crippen molar-refractivity contribution in [3.8, 4) is 0 Å². The van der Waals surface area contributed by atoms with Gasteiger partial charge in [-0.3, -0.25) is 0 Å². The normalized spacial score (nSPS) is 17.5. The van der Waals surface area contributed by atoms with Gasteiger partial charge in [0.15, 0.2) is 5.76 Å². The van der Waals surface area contributed by atoms with Gasteiger partial charge in [0.25, 0.3) is 0 Å². The van der Waals surface area contributed by atoms with Crippen LogP contribution in [0.3, 0.4) is 0 Å². The molecule has 23 heavy (non-hydrogen) atoms. The highest BCUT2D eigenvalue weighted by atomic mass is 79.9. The van der Waals surface area contributed by atoms with Gasteiger partial charge in [-0.25, -0.2) is 9.18 Å². The molecule has 5 nitrogen and oxygen atoms in total. The molecule has 0 spiro atoms. The van der Waals surface area contributed by atoms with Crippen LogP contribution >= 0.6 is 15.9 Å². The van der Waals surface area contributed by atoms with Crippen LogP contribution in [0.15, 0.2) is 33.3 Å². The lowest BCUT2D eigenvalue weighted by molar-refractivity contribution is 0.195. The lowest BCUT2D eigenvalue weighted by Crippen LogP contribution is -2.34. The number of anilines is 1. The molecular weight excluding hydrogens is 365 g/mol. The van der Waals surface area contributed by atoms with Gasteiger partial charge in [-0.05, 0) is 37.5 Å². The van der Waals surface area contributed by atoms with E-state index in [4.69, 9.17) is 4.52 Å². The average Bonchev–Trinajstić information content (AvgIpc) is 3.17. The summed E-state index contributed by atoms with van der Waals surface area (Å²) >= 11 is 3.20. The Hall–Kier alpha value is -1.89. The molecule has 7 heteroatoms. The quantitative estimate of drug-likeness (QED) is 0.850. The summed E-state index contributed by atoms with van der Waals surface area (Å²) in [5.41, 5.74) is 1.03. The van der Waals surface area contributed by atoms with Crippen LogP contribution in [0.25, 0.3) is 0 Å². The monoisotopic (exact) mass is 381 g/mol. The first-order valence-electron chi connectivity index (χ1n) is 7.56. The largest absolute Gasteiger partial charge is 0.359 e. The number of aryl methyl sites for hydroxylation is 1. The number of urea groups is 1. The SMILES string of the molecule is CCc1cc([C@H]2CCCN2C(=O)Nc2ccc(Br)cc2F)on1. The molecule has 1 aromatic heterocycles. The first-order valence-corrected chi connectivity index (χ1v) is 8.36. The molecule has 1 saturated heterocycles. The third-order valence-corrected chi connectivity index (χ3v) is 4.45. The smallest absolute Gasteiger partial charge is 0.322 e. The van der Waals surface area contributed by atoms with Crippen molar-refractivity contribution in [1.82, 2.24) is 10.1 Å². The van der Waals surface area contributed by atoms with E-state index in [1.54, 1.807) is 11.0 Å². The van der Waals surface area contributed by atoms with E-state index >= 15 is 0 Å². The molecule has 1 aliphatic heterocycles. The van der Waals surface area contributed by atoms with E-state index in [1.807, 2.05) is 13.0 Å². The van der Waals surface area contributed by atoms with Crippen LogP contribution in [0.1, 0.15) is 37.3 Å². The predicted molar refractivity (Wildman–Crippen MR) is 87.7 cm³/mol. The highest BCUT2D eigenvalue weighted by Crippen LogP contribution is 2.33. The molecule has 2 amide bonds. The molecule has 0 saturated carbocycles. The van der Waals surface area contributed by atoms with E-state index in [-0.39, 0.29) is 17.8 Å². The van der Waals surface area contributed by atoms with Crippen LogP contribution in [0.2, 0.25) is 0 Å². The molecule has 1 aliphatic rings. The molecule has 122 valence electrons. The molecule has 1 atom stereocenters. The second-order valence-electron chi connectivity index (χ2n) is 5.48. The number of carbonyl (C=O) groups is 1. The Bertz CT molecular complexity index is 719. The van der Waals surface area contributed by atoms with Crippen molar-refractivity contribution in [3.63, 3.8) is 0 Å². The van der Waals surface area contributed by atoms with Crippen molar-refractivity contribution in [2.45, 2.75) is 32.2 Å². The maximum absolute atomic E-state index is 13.9. The lowest BCUT2D eigenvalue weighted by atomic mass is 10.1. The van der Waals surface area contributed by atoms with Gasteiger partial charge in [0.2, 0.25) is 0 Å². The van der Waals surface area contributed by atoms with E-state index < -0.39 is 5.82 Å². The summed E-state index contributed by atoms with van der Waals surface area (Å²) in [4.78, 5) is 14.2. The number of hydrogen-bond acceptors (Lipinski definition) is 3. The zero-order valence-electron chi connectivity index (χ0n) is 12.7. The van der Waals surface area contributed by atoms with Crippen molar-refractivity contribution < 1.29 is 13.7 Å². The molecule has 0 unspecified atom stereocenters. The Morgan fingerprint density at radius 2 is 2.35 bits per heavy atom. The van der Waals surface area contributed by atoms with Crippen molar-refractivity contribution >= 4 is 27.6 Å². The highest BCUT2D eigenvalue weighted by Gasteiger charge is 2.33. The van der Waals surface area contributed by atoms with Gasteiger partial charge in [-0.15, -0.1) is 0 Å². The number of halogens is 2. The summed E-state index contributed by atoms with van der Waals surface area (Å²) in [5.74, 6) is 0.210. The maximum atomic E-state index is 13.9. The Kier molecular flexibility index (Phi) is 4.66. The molecule has 3 rings (SSSR count). The number of carbonyl (C=O) groups excluding carboxylic acids is 1. The van der Waals surface area contributed by atoms with E-state index in [2.05, 4.69) is 26.4 Å². The highest BCUT2D eigenvalue weighted by molar-refractivity contribution is 9.10. The van der Waals surface area contributed by atoms with Crippen molar-refractivity contribution in [2.75, 3.05) is 11.9 Å². The van der Waals surface area contributed by atoms with Gasteiger partial charge >= 0.3 is 6.03 Å². The standard InChI is InChI=1S/C16H17BrFN3O2/c1-2-11-9-15(23-20-11)14-4-3-7-21(14)16(22)19-13-6-5-10(17)8-12(13)18/h5-6,8-9,14H,2-4,7H2,1H3,(H,19,22)/t14-/m1/s1. The van der Waals surface area contributed by atoms with Crippen molar-refractivity contribution in [3.05, 3.63) is 46.0 Å². The van der Waals surface area contributed by atoms with Crippen LogP contribution < -0.4 is 5.32 Å². The Labute approximate surface area is 142 Å². The zero-order chi connectivity index (χ0) is 16.4. The second-order valence-corrected chi connectivity index (χ2v) is 6.40. The van der Waals surface area contributed by atoms with Crippen LogP contribution in [-0.4, -0.2) is 22.6 Å². The van der Waals surface area contributed by atoms with Gasteiger partial charge in [0, 0.05) is 17.1 Å². The fourth-order valence-corrected chi connectivity index (χ4v) is 3.07. The minimum absolute atomic E-state index is 0.152.